The minimum Gasteiger partial charge on any atom is -0.507 e. The maximum atomic E-state index is 12.3. The number of benzene rings is 2. The maximum absolute atomic E-state index is 12.3. The van der Waals surface area contributed by atoms with E-state index >= 15 is 0 Å². The molecule has 2 heterocycles. The molecule has 0 bridgehead atoms. The Balaban J connectivity index is 1.82. The van der Waals surface area contributed by atoms with Gasteiger partial charge >= 0.3 is 5.63 Å². The van der Waals surface area contributed by atoms with Gasteiger partial charge in [0.05, 0.1) is 17.4 Å². The summed E-state index contributed by atoms with van der Waals surface area (Å²) in [6.07, 6.45) is 0.500. The van der Waals surface area contributed by atoms with E-state index in [1.165, 1.54) is 6.07 Å². The molecule has 4 rings (SSSR count). The summed E-state index contributed by atoms with van der Waals surface area (Å²) in [6, 6.07) is 21.2. The van der Waals surface area contributed by atoms with Crippen molar-refractivity contribution in [2.24, 2.45) is 5.10 Å². The van der Waals surface area contributed by atoms with Gasteiger partial charge in [-0.15, -0.1) is 0 Å². The van der Waals surface area contributed by atoms with Gasteiger partial charge in [-0.05, 0) is 24.6 Å². The molecule has 0 amide bonds. The van der Waals surface area contributed by atoms with Crippen LogP contribution in [0.15, 0.2) is 81.0 Å². The fraction of sp³-hybridized carbons (Fsp3) is 0.143. The predicted octanol–water partition coefficient (Wildman–Crippen LogP) is 4.01. The van der Waals surface area contributed by atoms with Gasteiger partial charge in [-0.1, -0.05) is 48.5 Å². The van der Waals surface area contributed by atoms with Gasteiger partial charge in [-0.2, -0.15) is 5.10 Å². The molecule has 0 aliphatic carbocycles. The Morgan fingerprint density at radius 1 is 1.08 bits per heavy atom. The van der Waals surface area contributed by atoms with Crippen molar-refractivity contribution < 1.29 is 9.52 Å². The molecular formula is C21H18N2O3. The third-order valence-electron chi connectivity index (χ3n) is 4.46. The number of anilines is 1. The third kappa shape index (κ3) is 2.88. The summed E-state index contributed by atoms with van der Waals surface area (Å²) in [5.74, 6) is 0.272. The number of para-hydroxylation sites is 1. The summed E-state index contributed by atoms with van der Waals surface area (Å²) >= 11 is 0. The second-order valence-corrected chi connectivity index (χ2v) is 6.26. The van der Waals surface area contributed by atoms with Crippen molar-refractivity contribution in [2.45, 2.75) is 19.4 Å². The van der Waals surface area contributed by atoms with Crippen molar-refractivity contribution in [3.63, 3.8) is 0 Å². The first-order chi connectivity index (χ1) is 12.6. The van der Waals surface area contributed by atoms with E-state index in [1.54, 1.807) is 6.92 Å². The zero-order valence-electron chi connectivity index (χ0n) is 14.3. The summed E-state index contributed by atoms with van der Waals surface area (Å²) < 4.78 is 5.17. The summed E-state index contributed by atoms with van der Waals surface area (Å²) in [4.78, 5) is 12.3. The summed E-state index contributed by atoms with van der Waals surface area (Å²) in [5, 5.41) is 16.8. The number of hydrogen-bond acceptors (Lipinski definition) is 5. The van der Waals surface area contributed by atoms with Crippen LogP contribution in [0.3, 0.4) is 0 Å². The van der Waals surface area contributed by atoms with Crippen molar-refractivity contribution in [3.8, 4) is 5.75 Å². The van der Waals surface area contributed by atoms with Crippen molar-refractivity contribution in [3.05, 3.63) is 94.0 Å². The van der Waals surface area contributed by atoms with Gasteiger partial charge in [0.1, 0.15) is 17.1 Å². The van der Waals surface area contributed by atoms with Crippen LogP contribution in [0.25, 0.3) is 0 Å². The minimum absolute atomic E-state index is 0.0614. The normalized spacial score (nSPS) is 16.6. The fourth-order valence-corrected chi connectivity index (χ4v) is 3.28. The van der Waals surface area contributed by atoms with Gasteiger partial charge in [0.25, 0.3) is 0 Å². The average Bonchev–Trinajstić information content (AvgIpc) is 3.07. The highest BCUT2D eigenvalue weighted by atomic mass is 16.4. The van der Waals surface area contributed by atoms with Crippen LogP contribution < -0.4 is 10.6 Å². The molecule has 1 atom stereocenters. The second-order valence-electron chi connectivity index (χ2n) is 6.26. The fourth-order valence-electron chi connectivity index (χ4n) is 3.28. The predicted molar refractivity (Wildman–Crippen MR) is 101 cm³/mol. The van der Waals surface area contributed by atoms with E-state index in [2.05, 4.69) is 5.10 Å². The van der Waals surface area contributed by atoms with E-state index in [1.807, 2.05) is 65.7 Å². The van der Waals surface area contributed by atoms with E-state index in [0.717, 1.165) is 11.3 Å². The lowest BCUT2D eigenvalue weighted by atomic mass is 9.98. The number of aryl methyl sites for hydroxylation is 1. The van der Waals surface area contributed by atoms with E-state index < -0.39 is 5.63 Å². The molecule has 0 fully saturated rings. The first-order valence-electron chi connectivity index (χ1n) is 8.44. The lowest BCUT2D eigenvalue weighted by molar-refractivity contribution is 0.432. The largest absolute Gasteiger partial charge is 0.507 e. The SMILES string of the molecule is Cc1cc(O)c(C2=NN(c3ccccc3)[C@@H](c3ccccc3)C2)c(=O)o1. The summed E-state index contributed by atoms with van der Waals surface area (Å²) in [7, 11) is 0. The van der Waals surface area contributed by atoms with Crippen LogP contribution in [0.2, 0.25) is 0 Å². The molecule has 1 N–H and O–H groups in total. The molecule has 5 nitrogen and oxygen atoms in total. The van der Waals surface area contributed by atoms with Crippen molar-refractivity contribution in [1.29, 1.82) is 0 Å². The molecule has 0 unspecified atom stereocenters. The Hall–Kier alpha value is -3.34. The molecule has 2 aromatic carbocycles. The molecule has 0 radical (unpaired) electrons. The number of nitrogens with zero attached hydrogens (tertiary/aromatic N) is 2. The van der Waals surface area contributed by atoms with Crippen LogP contribution in [0, 0.1) is 6.92 Å². The maximum Gasteiger partial charge on any atom is 0.348 e. The number of rotatable bonds is 3. The molecule has 0 spiro atoms. The summed E-state index contributed by atoms with van der Waals surface area (Å²) in [6.45, 7) is 1.63. The summed E-state index contributed by atoms with van der Waals surface area (Å²) in [5.41, 5.74) is 2.10. The standard InChI is InChI=1S/C21H18N2O3/c1-14-12-19(24)20(21(25)26-14)17-13-18(15-8-4-2-5-9-15)23(22-17)16-10-6-3-7-11-16/h2-12,18,24H,13H2,1H3/t18-/m1/s1. The molecule has 0 saturated heterocycles. The third-order valence-corrected chi connectivity index (χ3v) is 4.46. The lowest BCUT2D eigenvalue weighted by Crippen LogP contribution is -2.18. The van der Waals surface area contributed by atoms with Gasteiger partial charge in [0.15, 0.2) is 0 Å². The Bertz CT molecular complexity index is 1010. The minimum atomic E-state index is -0.567. The molecule has 1 aliphatic rings. The molecular weight excluding hydrogens is 328 g/mol. The lowest BCUT2D eigenvalue weighted by Gasteiger charge is -2.23. The molecule has 3 aromatic rings. The highest BCUT2D eigenvalue weighted by molar-refractivity contribution is 6.04. The van der Waals surface area contributed by atoms with Gasteiger partial charge < -0.3 is 9.52 Å². The number of aromatic hydroxyl groups is 1. The Morgan fingerprint density at radius 2 is 1.73 bits per heavy atom. The molecule has 1 aromatic heterocycles. The topological polar surface area (TPSA) is 66.0 Å². The highest BCUT2D eigenvalue weighted by Gasteiger charge is 2.32. The zero-order chi connectivity index (χ0) is 18.1. The van der Waals surface area contributed by atoms with Crippen molar-refractivity contribution in [1.82, 2.24) is 0 Å². The number of hydrazone groups is 1. The van der Waals surface area contributed by atoms with Crippen LogP contribution >= 0.6 is 0 Å². The van der Waals surface area contributed by atoms with E-state index in [0.29, 0.717) is 17.9 Å². The Kier molecular flexibility index (Phi) is 4.05. The number of hydrogen-bond donors (Lipinski definition) is 1. The quantitative estimate of drug-likeness (QED) is 0.778. The van der Waals surface area contributed by atoms with Crippen molar-refractivity contribution in [2.75, 3.05) is 5.01 Å². The highest BCUT2D eigenvalue weighted by Crippen LogP contribution is 2.37. The molecule has 130 valence electrons. The Morgan fingerprint density at radius 3 is 2.38 bits per heavy atom. The van der Waals surface area contributed by atoms with Gasteiger partial charge in [-0.25, -0.2) is 4.79 Å². The molecule has 5 heteroatoms. The van der Waals surface area contributed by atoms with Gasteiger partial charge in [0.2, 0.25) is 0 Å². The van der Waals surface area contributed by atoms with Gasteiger partial charge in [0, 0.05) is 12.5 Å². The first-order valence-corrected chi connectivity index (χ1v) is 8.44. The van der Waals surface area contributed by atoms with Crippen LogP contribution in [0.1, 0.15) is 29.3 Å². The van der Waals surface area contributed by atoms with Crippen LogP contribution in [0.5, 0.6) is 5.75 Å². The monoisotopic (exact) mass is 346 g/mol. The van der Waals surface area contributed by atoms with Crippen LogP contribution in [-0.4, -0.2) is 10.8 Å². The van der Waals surface area contributed by atoms with E-state index in [4.69, 9.17) is 4.42 Å². The van der Waals surface area contributed by atoms with E-state index in [9.17, 15) is 9.90 Å². The zero-order valence-corrected chi connectivity index (χ0v) is 14.3. The first kappa shape index (κ1) is 16.1. The van der Waals surface area contributed by atoms with Crippen LogP contribution in [0.4, 0.5) is 5.69 Å². The molecule has 0 saturated carbocycles. The second kappa shape index (κ2) is 6.52. The van der Waals surface area contributed by atoms with Crippen LogP contribution in [-0.2, 0) is 0 Å². The smallest absolute Gasteiger partial charge is 0.348 e. The Labute approximate surface area is 150 Å². The van der Waals surface area contributed by atoms with E-state index in [-0.39, 0.29) is 17.4 Å². The average molecular weight is 346 g/mol. The van der Waals surface area contributed by atoms with Crippen molar-refractivity contribution >= 4 is 11.4 Å². The molecule has 1 aliphatic heterocycles. The molecule has 26 heavy (non-hydrogen) atoms. The van der Waals surface area contributed by atoms with Gasteiger partial charge in [-0.3, -0.25) is 5.01 Å².